The van der Waals surface area contributed by atoms with E-state index in [1.54, 1.807) is 19.2 Å². The second-order valence-electron chi connectivity index (χ2n) is 7.59. The average molecular weight is 422 g/mol. The van der Waals surface area contributed by atoms with Gasteiger partial charge < -0.3 is 4.74 Å². The van der Waals surface area contributed by atoms with Crippen LogP contribution in [0.15, 0.2) is 60.9 Å². The average Bonchev–Trinajstić information content (AvgIpc) is 2.80. The first-order valence-corrected chi connectivity index (χ1v) is 10.5. The summed E-state index contributed by atoms with van der Waals surface area (Å²) in [5.41, 5.74) is 2.74. The topological polar surface area (TPSA) is 55.3 Å². The van der Waals surface area contributed by atoms with Crippen molar-refractivity contribution in [1.29, 1.82) is 0 Å². The van der Waals surface area contributed by atoms with Crippen LogP contribution in [0.5, 0.6) is 5.75 Å². The highest BCUT2D eigenvalue weighted by molar-refractivity contribution is 6.30. The third-order valence-corrected chi connectivity index (χ3v) is 5.72. The smallest absolute Gasteiger partial charge is 0.167 e. The van der Waals surface area contributed by atoms with E-state index in [0.29, 0.717) is 10.8 Å². The number of nitrogens with zero attached hydrogens (tertiary/aromatic N) is 3. The summed E-state index contributed by atoms with van der Waals surface area (Å²) in [4.78, 5) is 24.2. The molecule has 0 aliphatic carbocycles. The van der Waals surface area contributed by atoms with E-state index in [9.17, 15) is 4.79 Å². The van der Waals surface area contributed by atoms with Crippen LogP contribution in [-0.2, 0) is 6.54 Å². The molecule has 2 heterocycles. The number of carbonyl (C=O) groups excluding carboxylic acids is 1. The number of methoxy groups -OCH3 is 1. The van der Waals surface area contributed by atoms with Gasteiger partial charge in [0.1, 0.15) is 5.75 Å². The zero-order chi connectivity index (χ0) is 20.9. The van der Waals surface area contributed by atoms with E-state index in [-0.39, 0.29) is 11.7 Å². The Morgan fingerprint density at radius 3 is 2.47 bits per heavy atom. The molecule has 6 heteroatoms. The van der Waals surface area contributed by atoms with E-state index in [2.05, 4.69) is 14.9 Å². The minimum absolute atomic E-state index is 0.0133. The number of piperidine rings is 1. The number of likely N-dealkylation sites (tertiary alicyclic amines) is 1. The normalized spacial score (nSPS) is 16.9. The molecular formula is C24H24ClN3O2. The van der Waals surface area contributed by atoms with Crippen molar-refractivity contribution in [1.82, 2.24) is 14.9 Å². The van der Waals surface area contributed by atoms with Crippen molar-refractivity contribution >= 4 is 17.4 Å². The van der Waals surface area contributed by atoms with Gasteiger partial charge in [0.05, 0.1) is 7.11 Å². The van der Waals surface area contributed by atoms with Crippen LogP contribution in [0.25, 0.3) is 11.4 Å². The maximum Gasteiger partial charge on any atom is 0.167 e. The summed E-state index contributed by atoms with van der Waals surface area (Å²) in [6, 6.07) is 14.9. The third-order valence-electron chi connectivity index (χ3n) is 5.46. The Hall–Kier alpha value is -2.76. The Balaban J connectivity index is 1.38. The van der Waals surface area contributed by atoms with Gasteiger partial charge in [-0.1, -0.05) is 11.6 Å². The number of hydrogen-bond acceptors (Lipinski definition) is 5. The molecule has 5 nitrogen and oxygen atoms in total. The molecule has 0 saturated carbocycles. The quantitative estimate of drug-likeness (QED) is 0.530. The maximum absolute atomic E-state index is 12.9. The number of Topliss-reactive ketones (excluding diaryl/α,β-unsaturated/α-hetero) is 1. The molecule has 1 aliphatic heterocycles. The second kappa shape index (κ2) is 9.37. The lowest BCUT2D eigenvalue weighted by Gasteiger charge is -2.31. The predicted octanol–water partition coefficient (Wildman–Crippen LogP) is 4.90. The van der Waals surface area contributed by atoms with Crippen LogP contribution in [0.4, 0.5) is 0 Å². The van der Waals surface area contributed by atoms with Gasteiger partial charge in [-0.3, -0.25) is 9.69 Å². The summed E-state index contributed by atoms with van der Waals surface area (Å²) in [5.74, 6) is 1.71. The molecule has 1 fully saturated rings. The molecule has 0 N–H and O–H groups in total. The molecule has 1 atom stereocenters. The monoisotopic (exact) mass is 421 g/mol. The summed E-state index contributed by atoms with van der Waals surface area (Å²) in [5, 5.41) is 0.648. The van der Waals surface area contributed by atoms with Gasteiger partial charge in [-0.15, -0.1) is 0 Å². The molecule has 30 heavy (non-hydrogen) atoms. The molecule has 0 radical (unpaired) electrons. The largest absolute Gasteiger partial charge is 0.497 e. The number of hydrogen-bond donors (Lipinski definition) is 0. The summed E-state index contributed by atoms with van der Waals surface area (Å²) in [6.07, 6.45) is 5.67. The molecule has 154 valence electrons. The molecule has 4 rings (SSSR count). The van der Waals surface area contributed by atoms with Gasteiger partial charge in [0.15, 0.2) is 11.6 Å². The van der Waals surface area contributed by atoms with Crippen molar-refractivity contribution in [2.24, 2.45) is 5.92 Å². The van der Waals surface area contributed by atoms with E-state index >= 15 is 0 Å². The summed E-state index contributed by atoms with van der Waals surface area (Å²) >= 11 is 5.94. The molecule has 0 amide bonds. The summed E-state index contributed by atoms with van der Waals surface area (Å²) in [6.45, 7) is 2.47. The van der Waals surface area contributed by atoms with Crippen LogP contribution >= 0.6 is 11.6 Å². The van der Waals surface area contributed by atoms with Crippen molar-refractivity contribution in [3.05, 3.63) is 77.1 Å². The van der Waals surface area contributed by atoms with E-state index in [0.717, 1.165) is 54.9 Å². The first-order chi connectivity index (χ1) is 14.6. The Morgan fingerprint density at radius 2 is 1.80 bits per heavy atom. The third kappa shape index (κ3) is 4.86. The van der Waals surface area contributed by atoms with Gasteiger partial charge in [-0.05, 0) is 67.9 Å². The van der Waals surface area contributed by atoms with Crippen molar-refractivity contribution in [3.8, 4) is 17.1 Å². The lowest BCUT2D eigenvalue weighted by Crippen LogP contribution is -2.38. The van der Waals surface area contributed by atoms with Gasteiger partial charge in [-0.2, -0.15) is 0 Å². The molecule has 3 aromatic rings. The van der Waals surface area contributed by atoms with Crippen LogP contribution in [0.2, 0.25) is 5.02 Å². The summed E-state index contributed by atoms with van der Waals surface area (Å²) < 4.78 is 5.19. The Kier molecular flexibility index (Phi) is 6.41. The number of carbonyl (C=O) groups is 1. The number of ether oxygens (including phenoxy) is 1. The molecule has 1 saturated heterocycles. The van der Waals surface area contributed by atoms with Crippen LogP contribution < -0.4 is 4.74 Å². The Labute approximate surface area is 181 Å². The first-order valence-electron chi connectivity index (χ1n) is 10.1. The summed E-state index contributed by atoms with van der Waals surface area (Å²) in [7, 11) is 1.65. The van der Waals surface area contributed by atoms with Crippen LogP contribution in [0, 0.1) is 5.92 Å². The number of ketones is 1. The lowest BCUT2D eigenvalue weighted by molar-refractivity contribution is 0.0811. The van der Waals surface area contributed by atoms with E-state index in [4.69, 9.17) is 16.3 Å². The van der Waals surface area contributed by atoms with E-state index in [1.165, 1.54) is 0 Å². The fourth-order valence-corrected chi connectivity index (χ4v) is 3.97. The number of rotatable bonds is 6. The molecule has 1 aliphatic rings. The fourth-order valence-electron chi connectivity index (χ4n) is 3.85. The van der Waals surface area contributed by atoms with E-state index < -0.39 is 0 Å². The molecular weight excluding hydrogens is 398 g/mol. The van der Waals surface area contributed by atoms with Crippen LogP contribution in [0.1, 0.15) is 28.8 Å². The highest BCUT2D eigenvalue weighted by Crippen LogP contribution is 2.24. The van der Waals surface area contributed by atoms with Gasteiger partial charge in [0.2, 0.25) is 0 Å². The minimum Gasteiger partial charge on any atom is -0.497 e. The predicted molar refractivity (Wildman–Crippen MR) is 118 cm³/mol. The molecule has 1 aromatic heterocycles. The minimum atomic E-state index is 0.0133. The zero-order valence-electron chi connectivity index (χ0n) is 16.9. The van der Waals surface area contributed by atoms with Crippen LogP contribution in [-0.4, -0.2) is 40.9 Å². The fraction of sp³-hybridized carbons (Fsp3) is 0.292. The maximum atomic E-state index is 12.9. The van der Waals surface area contributed by atoms with Gasteiger partial charge >= 0.3 is 0 Å². The lowest BCUT2D eigenvalue weighted by atomic mass is 9.90. The highest BCUT2D eigenvalue weighted by atomic mass is 35.5. The van der Waals surface area contributed by atoms with Crippen molar-refractivity contribution in [3.63, 3.8) is 0 Å². The second-order valence-corrected chi connectivity index (χ2v) is 8.03. The Bertz CT molecular complexity index is 988. The van der Waals surface area contributed by atoms with Crippen molar-refractivity contribution < 1.29 is 9.53 Å². The molecule has 0 spiro atoms. The first kappa shape index (κ1) is 20.5. The highest BCUT2D eigenvalue weighted by Gasteiger charge is 2.26. The molecule has 2 aromatic carbocycles. The standard InChI is InChI=1S/C24H24ClN3O2/c1-30-22-10-6-19(7-11-22)24-26-13-17(14-27-24)15-28-12-2-3-20(16-28)23(29)18-4-8-21(25)9-5-18/h4-11,13-14,20H,2-3,12,15-16H2,1H3. The van der Waals surface area contributed by atoms with E-state index in [1.807, 2.05) is 48.8 Å². The number of benzene rings is 2. The Morgan fingerprint density at radius 1 is 1.10 bits per heavy atom. The van der Waals surface area contributed by atoms with Gasteiger partial charge in [0, 0.05) is 53.1 Å². The van der Waals surface area contributed by atoms with Crippen molar-refractivity contribution in [2.45, 2.75) is 19.4 Å². The van der Waals surface area contributed by atoms with Crippen molar-refractivity contribution in [2.75, 3.05) is 20.2 Å². The number of aromatic nitrogens is 2. The zero-order valence-corrected chi connectivity index (χ0v) is 17.7. The number of halogens is 1. The SMILES string of the molecule is COc1ccc(-c2ncc(CN3CCCC(C(=O)c4ccc(Cl)cc4)C3)cn2)cc1. The molecule has 1 unspecified atom stereocenters. The van der Waals surface area contributed by atoms with Crippen LogP contribution in [0.3, 0.4) is 0 Å². The molecule has 0 bridgehead atoms. The van der Waals surface area contributed by atoms with Gasteiger partial charge in [0.25, 0.3) is 0 Å². The van der Waals surface area contributed by atoms with Gasteiger partial charge in [-0.25, -0.2) is 9.97 Å².